The summed E-state index contributed by atoms with van der Waals surface area (Å²) in [7, 11) is 3.23. The minimum absolute atomic E-state index is 0.231. The number of hydrogen-bond acceptors (Lipinski definition) is 8. The number of methoxy groups -OCH3 is 2. The summed E-state index contributed by atoms with van der Waals surface area (Å²) in [6.45, 7) is 1.94. The van der Waals surface area contributed by atoms with E-state index in [1.54, 1.807) is 14.2 Å². The maximum Gasteiger partial charge on any atom is 0.187 e. The van der Waals surface area contributed by atoms with Crippen LogP contribution < -0.4 is 9.47 Å². The summed E-state index contributed by atoms with van der Waals surface area (Å²) in [6.07, 6.45) is -3.13. The van der Waals surface area contributed by atoms with E-state index in [2.05, 4.69) is 0 Å². The monoisotopic (exact) mass is 690 g/mol. The lowest BCUT2D eigenvalue weighted by Gasteiger charge is -2.46. The maximum absolute atomic E-state index is 6.81. The molecule has 1 aliphatic heterocycles. The van der Waals surface area contributed by atoms with E-state index in [9.17, 15) is 0 Å². The van der Waals surface area contributed by atoms with Crippen molar-refractivity contribution in [1.82, 2.24) is 0 Å². The average Bonchev–Trinajstić information content (AvgIpc) is 3.19. The minimum Gasteiger partial charge on any atom is -0.493 e. The molecule has 5 aromatic rings. The van der Waals surface area contributed by atoms with Crippen molar-refractivity contribution in [3.63, 3.8) is 0 Å². The molecule has 0 aromatic heterocycles. The molecule has 8 heteroatoms. The van der Waals surface area contributed by atoms with E-state index < -0.39 is 30.7 Å². The Hall–Kier alpha value is -4.54. The van der Waals surface area contributed by atoms with Crippen LogP contribution >= 0.6 is 0 Å². The summed E-state index contributed by atoms with van der Waals surface area (Å²) in [5.74, 6) is 1.26. The quantitative estimate of drug-likeness (QED) is 0.0919. The second-order valence-corrected chi connectivity index (χ2v) is 12.3. The first-order chi connectivity index (χ1) is 25.2. The summed E-state index contributed by atoms with van der Waals surface area (Å²) >= 11 is 0. The molecule has 0 spiro atoms. The van der Waals surface area contributed by atoms with Crippen molar-refractivity contribution in [2.75, 3.05) is 20.8 Å². The van der Waals surface area contributed by atoms with Gasteiger partial charge in [0.15, 0.2) is 17.8 Å². The third-order valence-electron chi connectivity index (χ3n) is 8.70. The molecule has 0 N–H and O–H groups in total. The average molecular weight is 691 g/mol. The predicted molar refractivity (Wildman–Crippen MR) is 194 cm³/mol. The zero-order chi connectivity index (χ0) is 35.1. The van der Waals surface area contributed by atoms with Crippen LogP contribution in [0.1, 0.15) is 27.8 Å². The van der Waals surface area contributed by atoms with Gasteiger partial charge < -0.3 is 37.9 Å². The lowest BCUT2D eigenvalue weighted by molar-refractivity contribution is -0.330. The molecular formula is C43H46O8. The van der Waals surface area contributed by atoms with E-state index in [0.29, 0.717) is 37.9 Å². The van der Waals surface area contributed by atoms with Crippen molar-refractivity contribution in [2.24, 2.45) is 0 Å². The van der Waals surface area contributed by atoms with Gasteiger partial charge in [0.25, 0.3) is 0 Å². The van der Waals surface area contributed by atoms with Crippen molar-refractivity contribution in [1.29, 1.82) is 0 Å². The van der Waals surface area contributed by atoms with Gasteiger partial charge in [-0.15, -0.1) is 0 Å². The SMILES string of the molecule is COc1ccc(COC2OC(COCc3ccccc3)C(OCc3ccccc3)C(OCc3ccccc3)C2OCc2ccccc2)cc1OC. The number of rotatable bonds is 18. The first-order valence-corrected chi connectivity index (χ1v) is 17.3. The van der Waals surface area contributed by atoms with Gasteiger partial charge in [-0.2, -0.15) is 0 Å². The van der Waals surface area contributed by atoms with E-state index in [4.69, 9.17) is 37.9 Å². The van der Waals surface area contributed by atoms with Gasteiger partial charge >= 0.3 is 0 Å². The van der Waals surface area contributed by atoms with Crippen molar-refractivity contribution < 1.29 is 37.9 Å². The molecule has 5 aromatic carbocycles. The topological polar surface area (TPSA) is 73.8 Å². The van der Waals surface area contributed by atoms with Crippen LogP contribution in [0.5, 0.6) is 11.5 Å². The molecule has 266 valence electrons. The van der Waals surface area contributed by atoms with Gasteiger partial charge in [-0.1, -0.05) is 127 Å². The number of hydrogen-bond donors (Lipinski definition) is 0. The van der Waals surface area contributed by atoms with Gasteiger partial charge in [0.2, 0.25) is 0 Å². The van der Waals surface area contributed by atoms with Crippen molar-refractivity contribution in [3.05, 3.63) is 167 Å². The highest BCUT2D eigenvalue weighted by Gasteiger charge is 2.49. The first kappa shape index (κ1) is 36.3. The molecule has 8 nitrogen and oxygen atoms in total. The molecule has 6 rings (SSSR count). The van der Waals surface area contributed by atoms with Gasteiger partial charge in [0.05, 0.1) is 53.9 Å². The van der Waals surface area contributed by atoms with Gasteiger partial charge in [-0.25, -0.2) is 0 Å². The smallest absolute Gasteiger partial charge is 0.187 e. The number of ether oxygens (including phenoxy) is 8. The summed E-state index contributed by atoms with van der Waals surface area (Å²) < 4.78 is 51.0. The van der Waals surface area contributed by atoms with Crippen LogP contribution in [-0.4, -0.2) is 51.5 Å². The van der Waals surface area contributed by atoms with Crippen LogP contribution in [0.15, 0.2) is 140 Å². The zero-order valence-electron chi connectivity index (χ0n) is 29.2. The van der Waals surface area contributed by atoms with Crippen molar-refractivity contribution >= 4 is 0 Å². The van der Waals surface area contributed by atoms with E-state index in [0.717, 1.165) is 27.8 Å². The van der Waals surface area contributed by atoms with Crippen molar-refractivity contribution in [2.45, 2.75) is 63.7 Å². The molecule has 5 unspecified atom stereocenters. The highest BCUT2D eigenvalue weighted by Crippen LogP contribution is 2.33. The fourth-order valence-corrected chi connectivity index (χ4v) is 6.03. The Morgan fingerprint density at radius 3 is 1.39 bits per heavy atom. The van der Waals surface area contributed by atoms with Crippen molar-refractivity contribution in [3.8, 4) is 11.5 Å². The Morgan fingerprint density at radius 2 is 0.882 bits per heavy atom. The normalized spacial score (nSPS) is 20.2. The molecule has 1 heterocycles. The second kappa shape index (κ2) is 19.2. The molecule has 5 atom stereocenters. The van der Waals surface area contributed by atoms with Gasteiger partial charge in [0.1, 0.15) is 24.4 Å². The molecule has 1 saturated heterocycles. The van der Waals surface area contributed by atoms with Gasteiger partial charge in [-0.05, 0) is 39.9 Å². The largest absolute Gasteiger partial charge is 0.493 e. The van der Waals surface area contributed by atoms with Crippen LogP contribution in [0.4, 0.5) is 0 Å². The maximum atomic E-state index is 6.81. The third kappa shape index (κ3) is 10.5. The molecule has 0 saturated carbocycles. The van der Waals surface area contributed by atoms with E-state index in [-0.39, 0.29) is 13.2 Å². The molecule has 0 radical (unpaired) electrons. The molecule has 1 aliphatic rings. The number of benzene rings is 5. The Morgan fingerprint density at radius 1 is 0.431 bits per heavy atom. The van der Waals surface area contributed by atoms with E-state index >= 15 is 0 Å². The van der Waals surface area contributed by atoms with E-state index in [1.807, 2.05) is 140 Å². The zero-order valence-corrected chi connectivity index (χ0v) is 29.2. The van der Waals surface area contributed by atoms with E-state index in [1.165, 1.54) is 0 Å². The summed E-state index contributed by atoms with van der Waals surface area (Å²) in [6, 6.07) is 46.0. The molecule has 0 amide bonds. The fourth-order valence-electron chi connectivity index (χ4n) is 6.03. The molecule has 1 fully saturated rings. The van der Waals surface area contributed by atoms with Gasteiger partial charge in [0, 0.05) is 0 Å². The molecular weight excluding hydrogens is 644 g/mol. The molecule has 0 aliphatic carbocycles. The van der Waals surface area contributed by atoms with Crippen LogP contribution in [0, 0.1) is 0 Å². The Kier molecular flexibility index (Phi) is 13.6. The molecule has 0 bridgehead atoms. The summed E-state index contributed by atoms with van der Waals surface area (Å²) in [4.78, 5) is 0. The summed E-state index contributed by atoms with van der Waals surface area (Å²) in [5.41, 5.74) is 5.05. The van der Waals surface area contributed by atoms with Gasteiger partial charge in [-0.3, -0.25) is 0 Å². The van der Waals surface area contributed by atoms with Crippen LogP contribution in [0.25, 0.3) is 0 Å². The fraction of sp³-hybridized carbons (Fsp3) is 0.302. The third-order valence-corrected chi connectivity index (χ3v) is 8.70. The molecule has 51 heavy (non-hydrogen) atoms. The summed E-state index contributed by atoms with van der Waals surface area (Å²) in [5, 5.41) is 0. The van der Waals surface area contributed by atoms with Crippen LogP contribution in [0.3, 0.4) is 0 Å². The van der Waals surface area contributed by atoms with Crippen LogP contribution in [-0.2, 0) is 61.5 Å². The highest BCUT2D eigenvalue weighted by molar-refractivity contribution is 5.42. The Balaban J connectivity index is 1.31. The first-order valence-electron chi connectivity index (χ1n) is 17.3. The van der Waals surface area contributed by atoms with Crippen LogP contribution in [0.2, 0.25) is 0 Å². The lowest BCUT2D eigenvalue weighted by atomic mass is 9.97. The second-order valence-electron chi connectivity index (χ2n) is 12.3. The lowest BCUT2D eigenvalue weighted by Crippen LogP contribution is -2.61. The predicted octanol–water partition coefficient (Wildman–Crippen LogP) is 7.92. The Bertz CT molecular complexity index is 1700. The minimum atomic E-state index is -0.815. The highest BCUT2D eigenvalue weighted by atomic mass is 16.7. The standard InChI is InChI=1S/C43H46O8/c1-44-37-24-23-36(25-38(37)45-2)30-50-43-42(49-29-35-21-13-6-14-22-35)41(48-28-34-19-11-5-12-20-34)40(47-27-33-17-9-4-10-18-33)39(51-43)31-46-26-32-15-7-3-8-16-32/h3-25,39-43H,26-31H2,1-2H3. The Labute approximate surface area is 300 Å².